The molecular formula is C6H9N3O3S. The van der Waals surface area contributed by atoms with Crippen LogP contribution in [0.1, 0.15) is 0 Å². The minimum atomic E-state index is -3.46. The average molecular weight is 203 g/mol. The molecule has 6 nitrogen and oxygen atoms in total. The summed E-state index contributed by atoms with van der Waals surface area (Å²) in [6.45, 7) is -0.414. The Morgan fingerprint density at radius 1 is 1.38 bits per heavy atom. The van der Waals surface area contributed by atoms with Crippen LogP contribution >= 0.6 is 0 Å². The molecule has 0 saturated heterocycles. The molecule has 1 aromatic heterocycles. The molecule has 0 atom stereocenters. The maximum absolute atomic E-state index is 11.1. The molecule has 7 heteroatoms. The summed E-state index contributed by atoms with van der Waals surface area (Å²) in [6, 6.07) is 0. The van der Waals surface area contributed by atoms with Gasteiger partial charge in [0, 0.05) is 0 Å². The molecule has 0 aromatic carbocycles. The predicted octanol–water partition coefficient (Wildman–Crippen LogP) is -0.789. The van der Waals surface area contributed by atoms with Crippen LogP contribution in [0.4, 0.5) is 5.69 Å². The molecule has 0 bridgehead atoms. The molecular weight excluding hydrogens is 194 g/mol. The summed E-state index contributed by atoms with van der Waals surface area (Å²) < 4.78 is 24.4. The highest BCUT2D eigenvalue weighted by atomic mass is 32.2. The third-order valence-corrected chi connectivity index (χ3v) is 2.46. The van der Waals surface area contributed by atoms with E-state index in [4.69, 9.17) is 5.11 Å². The van der Waals surface area contributed by atoms with Crippen LogP contribution in [-0.4, -0.2) is 35.9 Å². The van der Waals surface area contributed by atoms with E-state index in [1.54, 1.807) is 0 Å². The Balaban J connectivity index is 2.70. The van der Waals surface area contributed by atoms with Gasteiger partial charge in [0.1, 0.15) is 6.33 Å². The van der Waals surface area contributed by atoms with Crippen LogP contribution in [0.5, 0.6) is 0 Å². The fourth-order valence-corrected chi connectivity index (χ4v) is 1.51. The first-order valence-corrected chi connectivity index (χ1v) is 5.15. The number of anilines is 1. The Morgan fingerprint density at radius 3 is 2.54 bits per heavy atom. The largest absolute Gasteiger partial charge is 0.395 e. The van der Waals surface area contributed by atoms with E-state index in [2.05, 4.69) is 14.7 Å². The van der Waals surface area contributed by atoms with Crippen LogP contribution in [-0.2, 0) is 10.0 Å². The molecule has 2 N–H and O–H groups in total. The van der Waals surface area contributed by atoms with Crippen molar-refractivity contribution >= 4 is 15.7 Å². The van der Waals surface area contributed by atoms with E-state index in [9.17, 15) is 8.42 Å². The number of nitrogens with zero attached hydrogens (tertiary/aromatic N) is 2. The smallest absolute Gasteiger partial charge is 0.235 e. The molecule has 0 fully saturated rings. The maximum atomic E-state index is 11.1. The highest BCUT2D eigenvalue weighted by Crippen LogP contribution is 2.03. The van der Waals surface area contributed by atoms with Gasteiger partial charge in [-0.3, -0.25) is 4.72 Å². The van der Waals surface area contributed by atoms with Gasteiger partial charge in [0.15, 0.2) is 0 Å². The second kappa shape index (κ2) is 4.15. The summed E-state index contributed by atoms with van der Waals surface area (Å²) in [5.41, 5.74) is 0.288. The molecule has 1 heterocycles. The van der Waals surface area contributed by atoms with Gasteiger partial charge < -0.3 is 5.11 Å². The number of aliphatic hydroxyl groups is 1. The molecule has 1 rings (SSSR count). The van der Waals surface area contributed by atoms with Crippen molar-refractivity contribution in [2.45, 2.75) is 0 Å². The molecule has 13 heavy (non-hydrogen) atoms. The van der Waals surface area contributed by atoms with Crippen molar-refractivity contribution in [3.8, 4) is 0 Å². The maximum Gasteiger partial charge on any atom is 0.235 e. The van der Waals surface area contributed by atoms with E-state index >= 15 is 0 Å². The Bertz CT molecular complexity index is 351. The second-order valence-corrected chi connectivity index (χ2v) is 4.11. The third kappa shape index (κ3) is 3.34. The van der Waals surface area contributed by atoms with Crippen molar-refractivity contribution in [1.82, 2.24) is 9.97 Å². The highest BCUT2D eigenvalue weighted by Gasteiger charge is 2.08. The Hall–Kier alpha value is -1.21. The molecule has 0 aliphatic rings. The van der Waals surface area contributed by atoms with Gasteiger partial charge in [-0.25, -0.2) is 18.4 Å². The van der Waals surface area contributed by atoms with Crippen molar-refractivity contribution in [2.75, 3.05) is 17.1 Å². The van der Waals surface area contributed by atoms with Gasteiger partial charge in [-0.2, -0.15) is 0 Å². The summed E-state index contributed by atoms with van der Waals surface area (Å²) in [4.78, 5) is 7.26. The lowest BCUT2D eigenvalue weighted by atomic mass is 10.6. The summed E-state index contributed by atoms with van der Waals surface area (Å²) in [5.74, 6) is -0.331. The average Bonchev–Trinajstić information content (AvgIpc) is 2.04. The first-order chi connectivity index (χ1) is 6.14. The van der Waals surface area contributed by atoms with Crippen molar-refractivity contribution in [2.24, 2.45) is 0 Å². The lowest BCUT2D eigenvalue weighted by Crippen LogP contribution is -2.18. The molecule has 72 valence electrons. The van der Waals surface area contributed by atoms with E-state index in [0.717, 1.165) is 0 Å². The van der Waals surface area contributed by atoms with Gasteiger partial charge in [0.2, 0.25) is 10.0 Å². The lowest BCUT2D eigenvalue weighted by molar-refractivity contribution is 0.320. The third-order valence-electron chi connectivity index (χ3n) is 1.19. The number of aliphatic hydroxyl groups excluding tert-OH is 1. The van der Waals surface area contributed by atoms with Gasteiger partial charge in [-0.1, -0.05) is 0 Å². The summed E-state index contributed by atoms with van der Waals surface area (Å²) in [6.07, 6.45) is 3.97. The normalized spacial score (nSPS) is 11.2. The molecule has 0 aliphatic carbocycles. The van der Waals surface area contributed by atoms with E-state index < -0.39 is 16.6 Å². The minimum Gasteiger partial charge on any atom is -0.395 e. The number of rotatable bonds is 4. The number of nitrogens with one attached hydrogen (secondary N) is 1. The van der Waals surface area contributed by atoms with Crippen LogP contribution in [0.3, 0.4) is 0 Å². The van der Waals surface area contributed by atoms with Crippen molar-refractivity contribution in [3.63, 3.8) is 0 Å². The van der Waals surface area contributed by atoms with Gasteiger partial charge >= 0.3 is 0 Å². The Labute approximate surface area is 75.7 Å². The molecule has 1 aromatic rings. The van der Waals surface area contributed by atoms with Crippen LogP contribution in [0, 0.1) is 0 Å². The predicted molar refractivity (Wildman–Crippen MR) is 46.5 cm³/mol. The zero-order valence-electron chi connectivity index (χ0n) is 6.71. The van der Waals surface area contributed by atoms with E-state index in [1.165, 1.54) is 18.7 Å². The van der Waals surface area contributed by atoms with Gasteiger partial charge in [0.05, 0.1) is 30.4 Å². The van der Waals surface area contributed by atoms with E-state index in [-0.39, 0.29) is 11.4 Å². The van der Waals surface area contributed by atoms with Crippen molar-refractivity contribution in [3.05, 3.63) is 18.7 Å². The van der Waals surface area contributed by atoms with E-state index in [1.807, 2.05) is 0 Å². The van der Waals surface area contributed by atoms with E-state index in [0.29, 0.717) is 0 Å². The van der Waals surface area contributed by atoms with Crippen molar-refractivity contribution < 1.29 is 13.5 Å². The Kier molecular flexibility index (Phi) is 3.15. The second-order valence-electron chi connectivity index (χ2n) is 2.27. The van der Waals surface area contributed by atoms with Crippen LogP contribution < -0.4 is 4.72 Å². The monoisotopic (exact) mass is 203 g/mol. The molecule has 0 unspecified atom stereocenters. The molecule has 0 radical (unpaired) electrons. The number of hydrogen-bond acceptors (Lipinski definition) is 5. The Morgan fingerprint density at radius 2 is 2.00 bits per heavy atom. The SMILES string of the molecule is O=S(=O)(CCO)Nc1cncnc1. The van der Waals surface area contributed by atoms with Gasteiger partial charge in [0.25, 0.3) is 0 Å². The standard InChI is InChI=1S/C6H9N3O3S/c10-1-2-13(11,12)9-6-3-7-5-8-4-6/h3-5,9-10H,1-2H2. The molecule has 0 saturated carbocycles. The van der Waals surface area contributed by atoms with Crippen LogP contribution in [0.2, 0.25) is 0 Å². The molecule has 0 amide bonds. The molecule has 0 aliphatic heterocycles. The van der Waals surface area contributed by atoms with Gasteiger partial charge in [-0.15, -0.1) is 0 Å². The molecule has 0 spiro atoms. The summed E-state index contributed by atoms with van der Waals surface area (Å²) in [7, 11) is -3.46. The first kappa shape index (κ1) is 9.87. The fourth-order valence-electron chi connectivity index (χ4n) is 0.703. The fraction of sp³-hybridized carbons (Fsp3) is 0.333. The highest BCUT2D eigenvalue weighted by molar-refractivity contribution is 7.92. The summed E-state index contributed by atoms with van der Waals surface area (Å²) >= 11 is 0. The topological polar surface area (TPSA) is 92.2 Å². The minimum absolute atomic E-state index is 0.288. The number of aromatic nitrogens is 2. The van der Waals surface area contributed by atoms with Crippen LogP contribution in [0.15, 0.2) is 18.7 Å². The summed E-state index contributed by atoms with van der Waals surface area (Å²) in [5, 5.41) is 8.43. The number of hydrogen-bond donors (Lipinski definition) is 2. The lowest BCUT2D eigenvalue weighted by Gasteiger charge is -2.04. The van der Waals surface area contributed by atoms with Crippen molar-refractivity contribution in [1.29, 1.82) is 0 Å². The zero-order valence-corrected chi connectivity index (χ0v) is 7.53. The quantitative estimate of drug-likeness (QED) is 0.669. The zero-order chi connectivity index (χ0) is 9.73. The van der Waals surface area contributed by atoms with Crippen LogP contribution in [0.25, 0.3) is 0 Å². The first-order valence-electron chi connectivity index (χ1n) is 3.50. The number of sulfonamides is 1. The van der Waals surface area contributed by atoms with Gasteiger partial charge in [-0.05, 0) is 0 Å².